The number of benzene rings is 2. The number of Topliss-reactive ketones (excluding diaryl/α,β-unsaturated/α-hetero) is 1. The highest BCUT2D eigenvalue weighted by molar-refractivity contribution is 5.91. The molecule has 0 aliphatic rings. The summed E-state index contributed by atoms with van der Waals surface area (Å²) in [5.41, 5.74) is 4.42. The van der Waals surface area contributed by atoms with Crippen LogP contribution in [0, 0.1) is 5.92 Å². The molecule has 1 heterocycles. The third-order valence-electron chi connectivity index (χ3n) is 6.67. The van der Waals surface area contributed by atoms with E-state index in [0.29, 0.717) is 38.1 Å². The fourth-order valence-electron chi connectivity index (χ4n) is 4.60. The first-order chi connectivity index (χ1) is 17.8. The van der Waals surface area contributed by atoms with Gasteiger partial charge in [-0.15, -0.1) is 0 Å². The number of carbonyl (C=O) groups is 3. The van der Waals surface area contributed by atoms with Crippen LogP contribution in [0.25, 0.3) is 22.2 Å². The molecule has 0 bridgehead atoms. The number of fused-ring (bicyclic) bond motifs is 1. The molecule has 3 N–H and O–H groups in total. The predicted octanol–water partition coefficient (Wildman–Crippen LogP) is 5.95. The third kappa shape index (κ3) is 8.88. The number of amides is 2. The summed E-state index contributed by atoms with van der Waals surface area (Å²) < 4.78 is 0. The second-order valence-electron chi connectivity index (χ2n) is 10.3. The fraction of sp³-hybridized carbons (Fsp3) is 0.452. The molecule has 2 amide bonds. The molecular formula is C31H41N3O3. The molecule has 0 saturated carbocycles. The molecule has 1 aromatic heterocycles. The van der Waals surface area contributed by atoms with Crippen molar-refractivity contribution in [2.75, 3.05) is 6.54 Å². The Kier molecular flexibility index (Phi) is 10.9. The van der Waals surface area contributed by atoms with Crippen LogP contribution < -0.4 is 10.6 Å². The average molecular weight is 504 g/mol. The molecule has 198 valence electrons. The zero-order valence-electron chi connectivity index (χ0n) is 22.4. The quantitative estimate of drug-likeness (QED) is 0.224. The Balaban J connectivity index is 1.64. The predicted molar refractivity (Wildman–Crippen MR) is 150 cm³/mol. The second-order valence-corrected chi connectivity index (χ2v) is 10.3. The van der Waals surface area contributed by atoms with E-state index in [2.05, 4.69) is 53.7 Å². The number of H-pyrrole nitrogens is 1. The van der Waals surface area contributed by atoms with E-state index >= 15 is 0 Å². The van der Waals surface area contributed by atoms with E-state index in [0.717, 1.165) is 47.8 Å². The van der Waals surface area contributed by atoms with Crippen LogP contribution in [-0.2, 0) is 20.8 Å². The fourth-order valence-corrected chi connectivity index (χ4v) is 4.60. The number of aromatic amines is 1. The standard InChI is InChI=1S/C31H41N3O3/c1-22(2)18-19-29(36)33-28(17-9-4-6-12-23(3)35)31(37)32-21-20-26-25-15-10-11-16-27(25)34-30(26)24-13-7-5-8-14-24/h5,7-8,10-11,13-16,22,28,34H,4,6,9,12,17-21H2,1-3H3,(H,32,37)(H,33,36)/t28-/m0/s1. The van der Waals surface area contributed by atoms with E-state index in [1.165, 1.54) is 5.56 Å². The molecule has 0 spiro atoms. The molecule has 0 aliphatic heterocycles. The first-order valence-corrected chi connectivity index (χ1v) is 13.6. The molecule has 1 atom stereocenters. The minimum Gasteiger partial charge on any atom is -0.354 e. The lowest BCUT2D eigenvalue weighted by atomic mass is 10.0. The Morgan fingerprint density at radius 3 is 2.32 bits per heavy atom. The molecule has 3 rings (SSSR count). The Labute approximate surface area is 220 Å². The van der Waals surface area contributed by atoms with Crippen molar-refractivity contribution in [3.63, 3.8) is 0 Å². The molecule has 2 aromatic carbocycles. The first kappa shape index (κ1) is 28.2. The van der Waals surface area contributed by atoms with Crippen LogP contribution in [0.15, 0.2) is 54.6 Å². The number of ketones is 1. The Bertz CT molecular complexity index is 1170. The number of para-hydroxylation sites is 1. The van der Waals surface area contributed by atoms with Crippen molar-refractivity contribution >= 4 is 28.5 Å². The highest BCUT2D eigenvalue weighted by Crippen LogP contribution is 2.30. The molecule has 0 fully saturated rings. The maximum atomic E-state index is 13.1. The van der Waals surface area contributed by atoms with Crippen LogP contribution in [0.5, 0.6) is 0 Å². The van der Waals surface area contributed by atoms with Crippen molar-refractivity contribution in [1.29, 1.82) is 0 Å². The topological polar surface area (TPSA) is 91.1 Å². The maximum absolute atomic E-state index is 13.1. The molecule has 0 aliphatic carbocycles. The number of aromatic nitrogens is 1. The van der Waals surface area contributed by atoms with E-state index in [9.17, 15) is 14.4 Å². The Hall–Kier alpha value is -3.41. The third-order valence-corrected chi connectivity index (χ3v) is 6.67. The second kappa shape index (κ2) is 14.4. The van der Waals surface area contributed by atoms with Gasteiger partial charge in [-0.05, 0) is 55.7 Å². The van der Waals surface area contributed by atoms with Gasteiger partial charge < -0.3 is 20.4 Å². The molecular weight excluding hydrogens is 462 g/mol. The first-order valence-electron chi connectivity index (χ1n) is 13.6. The zero-order chi connectivity index (χ0) is 26.6. The summed E-state index contributed by atoms with van der Waals surface area (Å²) in [6, 6.07) is 17.9. The molecule has 6 heteroatoms. The van der Waals surface area contributed by atoms with Gasteiger partial charge in [-0.25, -0.2) is 0 Å². The van der Waals surface area contributed by atoms with Crippen LogP contribution >= 0.6 is 0 Å². The van der Waals surface area contributed by atoms with E-state index in [-0.39, 0.29) is 17.6 Å². The molecule has 3 aromatic rings. The summed E-state index contributed by atoms with van der Waals surface area (Å²) in [4.78, 5) is 40.4. The molecule has 6 nitrogen and oxygen atoms in total. The molecule has 37 heavy (non-hydrogen) atoms. The van der Waals surface area contributed by atoms with Gasteiger partial charge in [-0.2, -0.15) is 0 Å². The molecule has 0 unspecified atom stereocenters. The van der Waals surface area contributed by atoms with Crippen molar-refractivity contribution in [3.8, 4) is 11.3 Å². The number of hydrogen-bond donors (Lipinski definition) is 3. The highest BCUT2D eigenvalue weighted by Gasteiger charge is 2.21. The summed E-state index contributed by atoms with van der Waals surface area (Å²) in [6.07, 6.45) is 5.48. The number of carbonyl (C=O) groups excluding carboxylic acids is 3. The highest BCUT2D eigenvalue weighted by atomic mass is 16.2. The van der Waals surface area contributed by atoms with Gasteiger partial charge in [0.15, 0.2) is 0 Å². The summed E-state index contributed by atoms with van der Waals surface area (Å²) >= 11 is 0. The van der Waals surface area contributed by atoms with Gasteiger partial charge in [0.1, 0.15) is 11.8 Å². The lowest BCUT2D eigenvalue weighted by Gasteiger charge is -2.19. The van der Waals surface area contributed by atoms with Gasteiger partial charge in [0.25, 0.3) is 0 Å². The van der Waals surface area contributed by atoms with Crippen molar-refractivity contribution in [3.05, 3.63) is 60.2 Å². The number of unbranched alkanes of at least 4 members (excludes halogenated alkanes) is 2. The van der Waals surface area contributed by atoms with E-state index < -0.39 is 6.04 Å². The monoisotopic (exact) mass is 503 g/mol. The van der Waals surface area contributed by atoms with E-state index in [1.807, 2.05) is 30.3 Å². The minimum atomic E-state index is -0.562. The van der Waals surface area contributed by atoms with Crippen LogP contribution in [0.1, 0.15) is 71.3 Å². The molecule has 0 saturated heterocycles. The van der Waals surface area contributed by atoms with Gasteiger partial charge in [0.2, 0.25) is 11.8 Å². The van der Waals surface area contributed by atoms with Crippen LogP contribution in [0.3, 0.4) is 0 Å². The van der Waals surface area contributed by atoms with E-state index in [4.69, 9.17) is 0 Å². The van der Waals surface area contributed by atoms with Crippen molar-refractivity contribution in [1.82, 2.24) is 15.6 Å². The van der Waals surface area contributed by atoms with Gasteiger partial charge in [-0.1, -0.05) is 75.2 Å². The summed E-state index contributed by atoms with van der Waals surface area (Å²) in [5, 5.41) is 7.18. The van der Waals surface area contributed by atoms with Crippen LogP contribution in [-0.4, -0.2) is 35.2 Å². The summed E-state index contributed by atoms with van der Waals surface area (Å²) in [6.45, 7) is 6.24. The van der Waals surface area contributed by atoms with Crippen molar-refractivity contribution < 1.29 is 14.4 Å². The maximum Gasteiger partial charge on any atom is 0.242 e. The molecule has 0 radical (unpaired) electrons. The normalized spacial score (nSPS) is 12.0. The summed E-state index contributed by atoms with van der Waals surface area (Å²) in [5.74, 6) is 0.383. The lowest BCUT2D eigenvalue weighted by molar-refractivity contribution is -0.129. The number of hydrogen-bond acceptors (Lipinski definition) is 3. The SMILES string of the molecule is CC(=O)CCCCC[C@H](NC(=O)CCC(C)C)C(=O)NCCc1c(-c2ccccc2)[nH]c2ccccc12. The van der Waals surface area contributed by atoms with Gasteiger partial charge >= 0.3 is 0 Å². The van der Waals surface area contributed by atoms with Crippen LogP contribution in [0.4, 0.5) is 0 Å². The largest absolute Gasteiger partial charge is 0.354 e. The van der Waals surface area contributed by atoms with Gasteiger partial charge in [0, 0.05) is 36.0 Å². The van der Waals surface area contributed by atoms with Gasteiger partial charge in [0.05, 0.1) is 0 Å². The number of rotatable bonds is 15. The smallest absolute Gasteiger partial charge is 0.242 e. The average Bonchev–Trinajstić information content (AvgIpc) is 3.25. The van der Waals surface area contributed by atoms with Crippen molar-refractivity contribution in [2.24, 2.45) is 5.92 Å². The Morgan fingerprint density at radius 1 is 0.865 bits per heavy atom. The Morgan fingerprint density at radius 2 is 1.59 bits per heavy atom. The minimum absolute atomic E-state index is 0.0828. The lowest BCUT2D eigenvalue weighted by Crippen LogP contribution is -2.47. The zero-order valence-corrected chi connectivity index (χ0v) is 22.4. The number of nitrogens with one attached hydrogen (secondary N) is 3. The van der Waals surface area contributed by atoms with Gasteiger partial charge in [-0.3, -0.25) is 9.59 Å². The summed E-state index contributed by atoms with van der Waals surface area (Å²) in [7, 11) is 0. The van der Waals surface area contributed by atoms with Crippen molar-refractivity contribution in [2.45, 2.75) is 78.2 Å². The van der Waals surface area contributed by atoms with Crippen LogP contribution in [0.2, 0.25) is 0 Å². The van der Waals surface area contributed by atoms with E-state index in [1.54, 1.807) is 6.92 Å².